The minimum absolute atomic E-state index is 0.426. The molecule has 0 spiro atoms. The van der Waals surface area contributed by atoms with E-state index in [0.29, 0.717) is 29.8 Å². The number of aliphatic carboxylic acids is 1. The van der Waals surface area contributed by atoms with Crippen LogP contribution in [-0.2, 0) is 10.2 Å². The van der Waals surface area contributed by atoms with Gasteiger partial charge >= 0.3 is 5.97 Å². The molecule has 1 heterocycles. The normalized spacial score (nSPS) is 30.9. The third kappa shape index (κ3) is 1.81. The van der Waals surface area contributed by atoms with Gasteiger partial charge in [-0.05, 0) is 49.3 Å². The molecular formula is C14H16ClNO2. The third-order valence-electron chi connectivity index (χ3n) is 4.17. The summed E-state index contributed by atoms with van der Waals surface area (Å²) in [6.45, 7) is 2.09. The van der Waals surface area contributed by atoms with Gasteiger partial charge in [-0.15, -0.1) is 0 Å². The molecule has 0 radical (unpaired) electrons. The van der Waals surface area contributed by atoms with Gasteiger partial charge in [0.2, 0.25) is 0 Å². The highest BCUT2D eigenvalue weighted by Gasteiger charge is 2.50. The van der Waals surface area contributed by atoms with Crippen molar-refractivity contribution in [1.29, 1.82) is 0 Å². The molecule has 96 valence electrons. The number of hydrogen-bond acceptors (Lipinski definition) is 2. The Balaban J connectivity index is 2.02. The van der Waals surface area contributed by atoms with E-state index in [1.807, 2.05) is 6.07 Å². The highest BCUT2D eigenvalue weighted by atomic mass is 35.5. The highest BCUT2D eigenvalue weighted by Crippen LogP contribution is 2.49. The number of pyridine rings is 1. The average molecular weight is 266 g/mol. The fourth-order valence-corrected chi connectivity index (χ4v) is 3.26. The van der Waals surface area contributed by atoms with Gasteiger partial charge in [-0.25, -0.2) is 4.98 Å². The zero-order valence-corrected chi connectivity index (χ0v) is 11.1. The fourth-order valence-electron chi connectivity index (χ4n) is 3.05. The van der Waals surface area contributed by atoms with Crippen LogP contribution in [-0.4, -0.2) is 16.1 Å². The molecule has 0 atom stereocenters. The first-order valence-corrected chi connectivity index (χ1v) is 6.80. The predicted octanol–water partition coefficient (Wildman–Crippen LogP) is 3.36. The maximum atomic E-state index is 11.6. The Bertz CT molecular complexity index is 505. The van der Waals surface area contributed by atoms with E-state index in [4.69, 9.17) is 11.6 Å². The quantitative estimate of drug-likeness (QED) is 0.853. The van der Waals surface area contributed by atoms with Crippen molar-refractivity contribution in [2.75, 3.05) is 0 Å². The number of halogens is 1. The van der Waals surface area contributed by atoms with E-state index in [-0.39, 0.29) is 0 Å². The number of carboxylic acid groups (broad SMARTS) is 1. The second-order valence-electron chi connectivity index (χ2n) is 5.78. The smallest absolute Gasteiger partial charge is 0.314 e. The van der Waals surface area contributed by atoms with E-state index < -0.39 is 11.4 Å². The Kier molecular flexibility index (Phi) is 2.63. The van der Waals surface area contributed by atoms with Crippen LogP contribution in [0.5, 0.6) is 0 Å². The van der Waals surface area contributed by atoms with Crippen molar-refractivity contribution in [3.63, 3.8) is 0 Å². The molecule has 3 rings (SSSR count). The van der Waals surface area contributed by atoms with Crippen LogP contribution in [0, 0.1) is 5.92 Å². The van der Waals surface area contributed by atoms with Gasteiger partial charge < -0.3 is 5.11 Å². The minimum Gasteiger partial charge on any atom is -0.481 e. The molecule has 1 aromatic rings. The first-order chi connectivity index (χ1) is 8.51. The zero-order chi connectivity index (χ0) is 12.9. The standard InChI is InChI=1S/C14H16ClNO2/c1-8-6-14(7-8,13(17)18)10-4-11(9-2-3-9)16-12(15)5-10/h4-5,8-9H,2-3,6-7H2,1H3,(H,17,18). The van der Waals surface area contributed by atoms with Crippen LogP contribution in [0.15, 0.2) is 12.1 Å². The van der Waals surface area contributed by atoms with Gasteiger partial charge in [-0.2, -0.15) is 0 Å². The van der Waals surface area contributed by atoms with Gasteiger partial charge in [0, 0.05) is 11.6 Å². The maximum Gasteiger partial charge on any atom is 0.314 e. The molecule has 3 nitrogen and oxygen atoms in total. The van der Waals surface area contributed by atoms with E-state index in [2.05, 4.69) is 11.9 Å². The topological polar surface area (TPSA) is 50.2 Å². The fraction of sp³-hybridized carbons (Fsp3) is 0.571. The lowest BCUT2D eigenvalue weighted by Crippen LogP contribution is -2.47. The third-order valence-corrected chi connectivity index (χ3v) is 4.36. The molecule has 0 bridgehead atoms. The van der Waals surface area contributed by atoms with Crippen molar-refractivity contribution >= 4 is 17.6 Å². The summed E-state index contributed by atoms with van der Waals surface area (Å²) in [5.74, 6) is 0.229. The summed E-state index contributed by atoms with van der Waals surface area (Å²) in [6, 6.07) is 3.69. The molecule has 2 saturated carbocycles. The SMILES string of the molecule is CC1CC(C(=O)O)(c2cc(Cl)nc(C3CC3)c2)C1. The summed E-state index contributed by atoms with van der Waals surface area (Å²) in [4.78, 5) is 15.9. The number of carboxylic acids is 1. The van der Waals surface area contributed by atoms with Gasteiger partial charge in [0.05, 0.1) is 5.41 Å². The van der Waals surface area contributed by atoms with Crippen molar-refractivity contribution in [2.24, 2.45) is 5.92 Å². The van der Waals surface area contributed by atoms with Crippen LogP contribution in [0.1, 0.15) is 49.8 Å². The summed E-state index contributed by atoms with van der Waals surface area (Å²) >= 11 is 6.05. The second kappa shape index (κ2) is 3.95. The van der Waals surface area contributed by atoms with Crippen LogP contribution in [0.3, 0.4) is 0 Å². The van der Waals surface area contributed by atoms with Gasteiger partial charge in [0.25, 0.3) is 0 Å². The van der Waals surface area contributed by atoms with Crippen LogP contribution in [0.25, 0.3) is 0 Å². The second-order valence-corrected chi connectivity index (χ2v) is 6.17. The minimum atomic E-state index is -0.732. The molecule has 0 amide bonds. The lowest BCUT2D eigenvalue weighted by Gasteiger charge is -2.43. The zero-order valence-electron chi connectivity index (χ0n) is 10.3. The predicted molar refractivity (Wildman–Crippen MR) is 68.9 cm³/mol. The highest BCUT2D eigenvalue weighted by molar-refractivity contribution is 6.29. The van der Waals surface area contributed by atoms with Crippen LogP contribution < -0.4 is 0 Å². The molecule has 2 fully saturated rings. The average Bonchev–Trinajstić information content (AvgIpc) is 3.06. The van der Waals surface area contributed by atoms with E-state index in [1.165, 1.54) is 0 Å². The first-order valence-electron chi connectivity index (χ1n) is 6.42. The van der Waals surface area contributed by atoms with Crippen molar-refractivity contribution < 1.29 is 9.90 Å². The van der Waals surface area contributed by atoms with Crippen molar-refractivity contribution in [3.8, 4) is 0 Å². The van der Waals surface area contributed by atoms with Gasteiger partial charge in [-0.3, -0.25) is 4.79 Å². The lowest BCUT2D eigenvalue weighted by molar-refractivity contribution is -0.149. The Morgan fingerprint density at radius 3 is 2.61 bits per heavy atom. The molecule has 18 heavy (non-hydrogen) atoms. The molecule has 1 N–H and O–H groups in total. The monoisotopic (exact) mass is 265 g/mol. The molecule has 2 aliphatic rings. The summed E-state index contributed by atoms with van der Waals surface area (Å²) in [5.41, 5.74) is 1.09. The summed E-state index contributed by atoms with van der Waals surface area (Å²) in [5, 5.41) is 9.95. The van der Waals surface area contributed by atoms with Gasteiger partial charge in [0.15, 0.2) is 0 Å². The summed E-state index contributed by atoms with van der Waals surface area (Å²) in [7, 11) is 0. The van der Waals surface area contributed by atoms with Crippen molar-refractivity contribution in [3.05, 3.63) is 28.5 Å². The summed E-state index contributed by atoms with van der Waals surface area (Å²) < 4.78 is 0. The molecule has 0 aromatic carbocycles. The Morgan fingerprint density at radius 2 is 2.11 bits per heavy atom. The maximum absolute atomic E-state index is 11.6. The largest absolute Gasteiger partial charge is 0.481 e. The molecule has 0 unspecified atom stereocenters. The van der Waals surface area contributed by atoms with E-state index in [0.717, 1.165) is 24.1 Å². The first kappa shape index (κ1) is 12.0. The van der Waals surface area contributed by atoms with Crippen LogP contribution in [0.2, 0.25) is 5.15 Å². The molecule has 4 heteroatoms. The Hall–Kier alpha value is -1.09. The Labute approximate surface area is 111 Å². The van der Waals surface area contributed by atoms with Crippen molar-refractivity contribution in [1.82, 2.24) is 4.98 Å². The lowest BCUT2D eigenvalue weighted by atomic mass is 9.59. The number of hydrogen-bond donors (Lipinski definition) is 1. The van der Waals surface area contributed by atoms with Crippen molar-refractivity contribution in [2.45, 2.75) is 43.9 Å². The molecule has 2 aliphatic carbocycles. The van der Waals surface area contributed by atoms with Crippen LogP contribution in [0.4, 0.5) is 0 Å². The molecule has 0 saturated heterocycles. The van der Waals surface area contributed by atoms with Crippen LogP contribution >= 0.6 is 11.6 Å². The molecule has 1 aromatic heterocycles. The Morgan fingerprint density at radius 1 is 1.44 bits per heavy atom. The number of rotatable bonds is 3. The number of aromatic nitrogens is 1. The van der Waals surface area contributed by atoms with Gasteiger partial charge in [0.1, 0.15) is 5.15 Å². The summed E-state index contributed by atoms with van der Waals surface area (Å²) in [6.07, 6.45) is 3.69. The van der Waals surface area contributed by atoms with E-state index in [1.54, 1.807) is 6.07 Å². The number of nitrogens with zero attached hydrogens (tertiary/aromatic N) is 1. The van der Waals surface area contributed by atoms with E-state index >= 15 is 0 Å². The number of carbonyl (C=O) groups is 1. The van der Waals surface area contributed by atoms with E-state index in [9.17, 15) is 9.90 Å². The van der Waals surface area contributed by atoms with Gasteiger partial charge in [-0.1, -0.05) is 18.5 Å². The molecular weight excluding hydrogens is 250 g/mol. The molecule has 0 aliphatic heterocycles.